The van der Waals surface area contributed by atoms with Crippen molar-refractivity contribution < 1.29 is 4.39 Å². The van der Waals surface area contributed by atoms with Crippen LogP contribution in [0.2, 0.25) is 5.02 Å². The van der Waals surface area contributed by atoms with Gasteiger partial charge in [-0.25, -0.2) is 9.37 Å². The van der Waals surface area contributed by atoms with E-state index in [1.165, 1.54) is 6.07 Å². The summed E-state index contributed by atoms with van der Waals surface area (Å²) in [6.45, 7) is 4.74. The van der Waals surface area contributed by atoms with Gasteiger partial charge in [0.1, 0.15) is 11.6 Å². The van der Waals surface area contributed by atoms with E-state index in [1.807, 2.05) is 25.6 Å². The van der Waals surface area contributed by atoms with E-state index in [0.717, 1.165) is 17.9 Å². The van der Waals surface area contributed by atoms with Crippen molar-refractivity contribution in [1.82, 2.24) is 14.5 Å². The maximum absolute atomic E-state index is 13.7. The number of likely N-dealkylation sites (N-methyl/N-ethyl adjacent to an activating group) is 1. The number of aromatic nitrogens is 2. The van der Waals surface area contributed by atoms with Gasteiger partial charge >= 0.3 is 0 Å². The van der Waals surface area contributed by atoms with Gasteiger partial charge in [-0.2, -0.15) is 0 Å². The van der Waals surface area contributed by atoms with Crippen LogP contribution in [0.4, 0.5) is 4.39 Å². The predicted octanol–water partition coefficient (Wildman–Crippen LogP) is 4.25. The van der Waals surface area contributed by atoms with Gasteiger partial charge in [-0.15, -0.1) is 11.6 Å². The quantitative estimate of drug-likeness (QED) is 0.786. The lowest BCUT2D eigenvalue weighted by Crippen LogP contribution is -2.23. The second-order valence-corrected chi connectivity index (χ2v) is 6.38. The van der Waals surface area contributed by atoms with Crippen LogP contribution in [-0.4, -0.2) is 35.1 Å². The summed E-state index contributed by atoms with van der Waals surface area (Å²) < 4.78 is 15.7. The average molecular weight is 318 g/mol. The Hall–Kier alpha value is -0.840. The zero-order chi connectivity index (χ0) is 15.0. The summed E-state index contributed by atoms with van der Waals surface area (Å²) in [5, 5.41) is -0.176. The molecule has 20 heavy (non-hydrogen) atoms. The number of alkyl halides is 1. The Bertz CT molecular complexity index is 622. The van der Waals surface area contributed by atoms with Gasteiger partial charge in [0.15, 0.2) is 0 Å². The molecule has 0 aliphatic carbocycles. The first-order valence-corrected chi connectivity index (χ1v) is 7.28. The first-order valence-electron chi connectivity index (χ1n) is 6.47. The second-order valence-electron chi connectivity index (χ2n) is 5.32. The maximum Gasteiger partial charge on any atom is 0.144 e. The third kappa shape index (κ3) is 2.92. The van der Waals surface area contributed by atoms with Gasteiger partial charge in [-0.3, -0.25) is 0 Å². The van der Waals surface area contributed by atoms with Crippen molar-refractivity contribution in [2.75, 3.05) is 20.6 Å². The highest BCUT2D eigenvalue weighted by atomic mass is 35.5. The number of imidazole rings is 1. The summed E-state index contributed by atoms with van der Waals surface area (Å²) >= 11 is 12.0. The molecule has 3 nitrogen and oxygen atoms in total. The van der Waals surface area contributed by atoms with Crippen LogP contribution in [0.3, 0.4) is 0 Å². The van der Waals surface area contributed by atoms with E-state index < -0.39 is 5.82 Å². The Morgan fingerprint density at radius 3 is 2.55 bits per heavy atom. The van der Waals surface area contributed by atoms with E-state index in [0.29, 0.717) is 5.52 Å². The Morgan fingerprint density at radius 1 is 1.35 bits per heavy atom. The van der Waals surface area contributed by atoms with Crippen molar-refractivity contribution in [3.63, 3.8) is 0 Å². The largest absolute Gasteiger partial charge is 0.323 e. The molecular weight excluding hydrogens is 300 g/mol. The first kappa shape index (κ1) is 15.5. The molecule has 0 amide bonds. The second kappa shape index (κ2) is 5.88. The minimum atomic E-state index is -0.439. The van der Waals surface area contributed by atoms with Crippen LogP contribution < -0.4 is 0 Å². The van der Waals surface area contributed by atoms with Gasteiger partial charge in [-0.05, 0) is 34.0 Å². The van der Waals surface area contributed by atoms with Crippen LogP contribution in [0.15, 0.2) is 12.1 Å². The maximum atomic E-state index is 13.7. The van der Waals surface area contributed by atoms with Crippen LogP contribution in [0, 0.1) is 5.82 Å². The molecule has 0 fully saturated rings. The lowest BCUT2D eigenvalue weighted by atomic mass is 10.2. The molecule has 2 rings (SSSR count). The molecule has 2 atom stereocenters. The fourth-order valence-electron chi connectivity index (χ4n) is 2.46. The van der Waals surface area contributed by atoms with Crippen LogP contribution >= 0.6 is 23.2 Å². The normalized spacial score (nSPS) is 15.0. The summed E-state index contributed by atoms with van der Waals surface area (Å²) in [5.41, 5.74) is 1.40. The first-order chi connectivity index (χ1) is 9.31. The van der Waals surface area contributed by atoms with Gasteiger partial charge in [-0.1, -0.05) is 11.6 Å². The van der Waals surface area contributed by atoms with Gasteiger partial charge in [0.05, 0.1) is 21.4 Å². The Labute approximate surface area is 128 Å². The molecule has 0 bridgehead atoms. The lowest BCUT2D eigenvalue weighted by molar-refractivity contribution is 0.336. The molecule has 0 aliphatic heterocycles. The minimum absolute atomic E-state index is 0.0798. The number of hydrogen-bond acceptors (Lipinski definition) is 2. The fourth-order valence-corrected chi connectivity index (χ4v) is 2.77. The Kier molecular flexibility index (Phi) is 4.57. The molecule has 0 spiro atoms. The van der Waals surface area contributed by atoms with Crippen LogP contribution in [0.1, 0.15) is 31.1 Å². The molecule has 110 valence electrons. The van der Waals surface area contributed by atoms with Crippen LogP contribution in [0.5, 0.6) is 0 Å². The highest BCUT2D eigenvalue weighted by Crippen LogP contribution is 2.30. The van der Waals surface area contributed by atoms with Crippen LogP contribution in [0.25, 0.3) is 11.0 Å². The zero-order valence-electron chi connectivity index (χ0n) is 12.0. The molecule has 0 saturated carbocycles. The number of rotatable bonds is 4. The molecule has 2 unspecified atom stereocenters. The lowest BCUT2D eigenvalue weighted by Gasteiger charge is -2.22. The Balaban J connectivity index is 2.64. The fraction of sp³-hybridized carbons (Fsp3) is 0.500. The number of hydrogen-bond donors (Lipinski definition) is 0. The summed E-state index contributed by atoms with van der Waals surface area (Å²) in [5.74, 6) is 0.295. The SMILES string of the molecule is CC(Cl)c1nc2cc(Cl)c(F)cc2n1C(C)CN(C)C. The van der Waals surface area contributed by atoms with Crippen molar-refractivity contribution in [3.05, 3.63) is 28.8 Å². The summed E-state index contributed by atoms with van der Waals surface area (Å²) in [6, 6.07) is 3.11. The summed E-state index contributed by atoms with van der Waals surface area (Å²) in [4.78, 5) is 6.58. The molecule has 0 N–H and O–H groups in total. The molecule has 1 heterocycles. The standard InChI is InChI=1S/C14H18Cl2FN3/c1-8(7-19(3)4)20-13-6-11(17)10(16)5-12(13)18-14(20)9(2)15/h5-6,8-9H,7H2,1-4H3. The highest BCUT2D eigenvalue weighted by Gasteiger charge is 2.20. The van der Waals surface area contributed by atoms with Gasteiger partial charge in [0, 0.05) is 18.7 Å². The van der Waals surface area contributed by atoms with E-state index in [-0.39, 0.29) is 16.4 Å². The minimum Gasteiger partial charge on any atom is -0.323 e. The smallest absolute Gasteiger partial charge is 0.144 e. The summed E-state index contributed by atoms with van der Waals surface area (Å²) in [6.07, 6.45) is 0. The van der Waals surface area contributed by atoms with Crippen molar-refractivity contribution in [2.45, 2.75) is 25.3 Å². The van der Waals surface area contributed by atoms with Gasteiger partial charge in [0.2, 0.25) is 0 Å². The third-order valence-electron chi connectivity index (χ3n) is 3.18. The molecule has 1 aromatic carbocycles. The van der Waals surface area contributed by atoms with E-state index >= 15 is 0 Å². The number of nitrogens with zero attached hydrogens (tertiary/aromatic N) is 3. The van der Waals surface area contributed by atoms with Gasteiger partial charge < -0.3 is 9.47 Å². The Morgan fingerprint density at radius 2 is 2.00 bits per heavy atom. The molecular formula is C14H18Cl2FN3. The third-order valence-corrected chi connectivity index (χ3v) is 3.67. The number of benzene rings is 1. The monoisotopic (exact) mass is 317 g/mol. The number of halogens is 3. The molecule has 0 saturated heterocycles. The predicted molar refractivity (Wildman–Crippen MR) is 82.2 cm³/mol. The van der Waals surface area contributed by atoms with E-state index in [2.05, 4.69) is 16.8 Å². The van der Waals surface area contributed by atoms with Crippen LogP contribution in [-0.2, 0) is 0 Å². The number of fused-ring (bicyclic) bond motifs is 1. The van der Waals surface area contributed by atoms with Gasteiger partial charge in [0.25, 0.3) is 0 Å². The van der Waals surface area contributed by atoms with E-state index in [9.17, 15) is 4.39 Å². The molecule has 2 aromatic rings. The van der Waals surface area contributed by atoms with E-state index in [4.69, 9.17) is 23.2 Å². The molecule has 0 aliphatic rings. The molecule has 1 aromatic heterocycles. The van der Waals surface area contributed by atoms with Crippen molar-refractivity contribution in [1.29, 1.82) is 0 Å². The summed E-state index contributed by atoms with van der Waals surface area (Å²) in [7, 11) is 3.99. The zero-order valence-corrected chi connectivity index (χ0v) is 13.5. The average Bonchev–Trinajstić information content (AvgIpc) is 2.67. The molecule has 6 heteroatoms. The van der Waals surface area contributed by atoms with Crippen molar-refractivity contribution >= 4 is 34.2 Å². The van der Waals surface area contributed by atoms with E-state index in [1.54, 1.807) is 6.07 Å². The highest BCUT2D eigenvalue weighted by molar-refractivity contribution is 6.31. The van der Waals surface area contributed by atoms with Crippen molar-refractivity contribution in [3.8, 4) is 0 Å². The molecule has 0 radical (unpaired) electrons. The topological polar surface area (TPSA) is 21.1 Å². The van der Waals surface area contributed by atoms with Crippen molar-refractivity contribution in [2.24, 2.45) is 0 Å².